The summed E-state index contributed by atoms with van der Waals surface area (Å²) in [7, 11) is 0. The van der Waals surface area contributed by atoms with E-state index in [1.807, 2.05) is 31.2 Å². The Morgan fingerprint density at radius 3 is 2.57 bits per heavy atom. The minimum atomic E-state index is -0.678. The van der Waals surface area contributed by atoms with Crippen molar-refractivity contribution in [1.82, 2.24) is 5.32 Å². The summed E-state index contributed by atoms with van der Waals surface area (Å²) in [4.78, 5) is 11.7. The Morgan fingerprint density at radius 2 is 1.95 bits per heavy atom. The van der Waals surface area contributed by atoms with E-state index in [0.717, 1.165) is 30.4 Å². The van der Waals surface area contributed by atoms with Gasteiger partial charge in [-0.3, -0.25) is 0 Å². The van der Waals surface area contributed by atoms with Crippen molar-refractivity contribution in [1.29, 1.82) is 0 Å². The first kappa shape index (κ1) is 16.4. The number of benzene rings is 1. The fraction of sp³-hybridized carbons (Fsp3) is 0.533. The predicted octanol–water partition coefficient (Wildman–Crippen LogP) is 3.25. The molecule has 1 saturated heterocycles. The van der Waals surface area contributed by atoms with Gasteiger partial charge in [0.15, 0.2) is 0 Å². The molecule has 0 atom stereocenters. The van der Waals surface area contributed by atoms with Gasteiger partial charge in [0.1, 0.15) is 11.4 Å². The molecular weight excluding hydrogens is 385 g/mol. The van der Waals surface area contributed by atoms with Crippen molar-refractivity contribution in [2.75, 3.05) is 19.9 Å². The first-order chi connectivity index (χ1) is 10.1. The van der Waals surface area contributed by atoms with Gasteiger partial charge in [-0.15, -0.1) is 0 Å². The highest BCUT2D eigenvalue weighted by Crippen LogP contribution is 2.22. The number of hydrogen-bond donors (Lipinski definition) is 1. The predicted molar refractivity (Wildman–Crippen MR) is 87.7 cm³/mol. The molecule has 0 spiro atoms. The van der Waals surface area contributed by atoms with Gasteiger partial charge in [-0.05, 0) is 50.6 Å². The molecule has 5 nitrogen and oxygen atoms in total. The van der Waals surface area contributed by atoms with Crippen molar-refractivity contribution in [2.24, 2.45) is 0 Å². The molecule has 0 amide bonds. The molecule has 1 aromatic rings. The molecule has 0 saturated carbocycles. The van der Waals surface area contributed by atoms with Crippen LogP contribution in [0.25, 0.3) is 0 Å². The van der Waals surface area contributed by atoms with E-state index in [9.17, 15) is 4.79 Å². The normalized spacial score (nSPS) is 17.0. The van der Waals surface area contributed by atoms with Crippen LogP contribution in [0.4, 0.5) is 4.79 Å². The molecule has 21 heavy (non-hydrogen) atoms. The standard InChI is InChI=1S/C15H20INO4/c1-15(6-8-17-9-7-15)21-14(18)20-11-19-13-4-2-12(10-16)3-5-13/h2-5,17H,6-11H2,1H3. The number of halogens is 1. The summed E-state index contributed by atoms with van der Waals surface area (Å²) in [5, 5.41) is 3.23. The van der Waals surface area contributed by atoms with E-state index in [1.54, 1.807) is 0 Å². The number of nitrogens with one attached hydrogen (secondary N) is 1. The van der Waals surface area contributed by atoms with Gasteiger partial charge in [0.05, 0.1) is 0 Å². The molecule has 1 N–H and O–H groups in total. The van der Waals surface area contributed by atoms with Crippen molar-refractivity contribution in [3.05, 3.63) is 29.8 Å². The van der Waals surface area contributed by atoms with E-state index in [0.29, 0.717) is 5.75 Å². The largest absolute Gasteiger partial charge is 0.511 e. The van der Waals surface area contributed by atoms with Crippen molar-refractivity contribution in [3.63, 3.8) is 0 Å². The number of piperidine rings is 1. The highest BCUT2D eigenvalue weighted by atomic mass is 127. The number of hydrogen-bond acceptors (Lipinski definition) is 5. The summed E-state index contributed by atoms with van der Waals surface area (Å²) < 4.78 is 16.6. The third-order valence-corrected chi connectivity index (χ3v) is 4.35. The zero-order valence-electron chi connectivity index (χ0n) is 12.1. The monoisotopic (exact) mass is 405 g/mol. The minimum absolute atomic E-state index is 0.142. The lowest BCUT2D eigenvalue weighted by Crippen LogP contribution is -2.43. The summed E-state index contributed by atoms with van der Waals surface area (Å²) in [5.74, 6) is 0.671. The Kier molecular flexibility index (Phi) is 6.10. The second-order valence-electron chi connectivity index (χ2n) is 5.24. The van der Waals surface area contributed by atoms with E-state index in [1.165, 1.54) is 5.56 Å². The van der Waals surface area contributed by atoms with Crippen LogP contribution in [0, 0.1) is 0 Å². The molecule has 0 unspecified atom stereocenters. The second-order valence-corrected chi connectivity index (χ2v) is 6.00. The van der Waals surface area contributed by atoms with Crippen molar-refractivity contribution < 1.29 is 19.0 Å². The maximum absolute atomic E-state index is 11.7. The quantitative estimate of drug-likeness (QED) is 0.353. The smallest absolute Gasteiger partial charge is 0.457 e. The van der Waals surface area contributed by atoms with Gasteiger partial charge in [-0.2, -0.15) is 0 Å². The lowest BCUT2D eigenvalue weighted by molar-refractivity contribution is -0.0602. The van der Waals surface area contributed by atoms with Crippen LogP contribution in [-0.2, 0) is 13.9 Å². The summed E-state index contributed by atoms with van der Waals surface area (Å²) in [6.45, 7) is 3.49. The molecule has 0 aliphatic carbocycles. The Morgan fingerprint density at radius 1 is 1.29 bits per heavy atom. The van der Waals surface area contributed by atoms with E-state index in [4.69, 9.17) is 14.2 Å². The van der Waals surface area contributed by atoms with Gasteiger partial charge in [-0.1, -0.05) is 34.7 Å². The number of alkyl halides is 1. The van der Waals surface area contributed by atoms with E-state index in [-0.39, 0.29) is 6.79 Å². The van der Waals surface area contributed by atoms with Crippen LogP contribution in [-0.4, -0.2) is 31.6 Å². The molecule has 6 heteroatoms. The molecule has 1 fully saturated rings. The van der Waals surface area contributed by atoms with Crippen LogP contribution in [0.1, 0.15) is 25.3 Å². The Balaban J connectivity index is 1.71. The van der Waals surface area contributed by atoms with Crippen LogP contribution in [0.3, 0.4) is 0 Å². The van der Waals surface area contributed by atoms with Gasteiger partial charge in [0, 0.05) is 4.43 Å². The molecule has 1 heterocycles. The van der Waals surface area contributed by atoms with Gasteiger partial charge in [-0.25, -0.2) is 4.79 Å². The first-order valence-corrected chi connectivity index (χ1v) is 8.48. The number of ether oxygens (including phenoxy) is 3. The summed E-state index contributed by atoms with van der Waals surface area (Å²) in [6, 6.07) is 7.68. The average Bonchev–Trinajstić information content (AvgIpc) is 2.48. The highest BCUT2D eigenvalue weighted by molar-refractivity contribution is 14.1. The number of rotatable bonds is 5. The van der Waals surface area contributed by atoms with E-state index in [2.05, 4.69) is 27.9 Å². The lowest BCUT2D eigenvalue weighted by atomic mass is 9.95. The first-order valence-electron chi connectivity index (χ1n) is 6.95. The fourth-order valence-corrected chi connectivity index (χ4v) is 2.62. The third-order valence-electron chi connectivity index (χ3n) is 3.47. The third kappa shape index (κ3) is 5.35. The molecule has 1 aliphatic heterocycles. The molecule has 0 bridgehead atoms. The van der Waals surface area contributed by atoms with Crippen molar-refractivity contribution in [2.45, 2.75) is 29.8 Å². The van der Waals surface area contributed by atoms with Gasteiger partial charge in [0.25, 0.3) is 0 Å². The fourth-order valence-electron chi connectivity index (χ4n) is 2.11. The van der Waals surface area contributed by atoms with Crippen molar-refractivity contribution in [3.8, 4) is 5.75 Å². The molecule has 1 aromatic carbocycles. The SMILES string of the molecule is CC1(OC(=O)OCOc2ccc(CI)cc2)CCNCC1. The van der Waals surface area contributed by atoms with Gasteiger partial charge in [0.2, 0.25) is 6.79 Å². The van der Waals surface area contributed by atoms with Crippen LogP contribution >= 0.6 is 22.6 Å². The van der Waals surface area contributed by atoms with Gasteiger partial charge < -0.3 is 19.5 Å². The minimum Gasteiger partial charge on any atom is -0.457 e. The average molecular weight is 405 g/mol. The lowest BCUT2D eigenvalue weighted by Gasteiger charge is -2.32. The molecule has 1 aliphatic rings. The molecule has 2 rings (SSSR count). The van der Waals surface area contributed by atoms with Gasteiger partial charge >= 0.3 is 6.16 Å². The Bertz CT molecular complexity index is 457. The second kappa shape index (κ2) is 7.84. The molecule has 0 radical (unpaired) electrons. The van der Waals surface area contributed by atoms with Crippen LogP contribution in [0.5, 0.6) is 5.75 Å². The summed E-state index contributed by atoms with van der Waals surface area (Å²) >= 11 is 2.30. The topological polar surface area (TPSA) is 56.8 Å². The van der Waals surface area contributed by atoms with E-state index >= 15 is 0 Å². The zero-order valence-corrected chi connectivity index (χ0v) is 14.2. The number of carbonyl (C=O) groups excluding carboxylic acids is 1. The van der Waals surface area contributed by atoms with Crippen LogP contribution < -0.4 is 10.1 Å². The maximum atomic E-state index is 11.7. The Labute approximate surface area is 138 Å². The molecule has 0 aromatic heterocycles. The molecule has 116 valence electrons. The van der Waals surface area contributed by atoms with Crippen LogP contribution in [0.15, 0.2) is 24.3 Å². The van der Waals surface area contributed by atoms with E-state index < -0.39 is 11.8 Å². The summed E-state index contributed by atoms with van der Waals surface area (Å²) in [6.07, 6.45) is 0.907. The summed E-state index contributed by atoms with van der Waals surface area (Å²) in [5.41, 5.74) is 0.784. The molecular formula is C15H20INO4. The Hall–Kier alpha value is -1.02. The maximum Gasteiger partial charge on any atom is 0.511 e. The highest BCUT2D eigenvalue weighted by Gasteiger charge is 2.31. The van der Waals surface area contributed by atoms with Crippen molar-refractivity contribution >= 4 is 28.7 Å². The zero-order chi connectivity index (χ0) is 15.1. The number of carbonyl (C=O) groups is 1. The van der Waals surface area contributed by atoms with Crippen LogP contribution in [0.2, 0.25) is 0 Å².